The van der Waals surface area contributed by atoms with Gasteiger partial charge in [0.2, 0.25) is 0 Å². The molecule has 0 N–H and O–H groups in total. The van der Waals surface area contributed by atoms with Crippen LogP contribution in [0, 0.1) is 0 Å². The van der Waals surface area contributed by atoms with Crippen LogP contribution in [-0.2, 0) is 0 Å². The molecule has 1 aromatic rings. The van der Waals surface area contributed by atoms with Gasteiger partial charge in [-0.05, 0) is 5.56 Å². The van der Waals surface area contributed by atoms with Crippen LogP contribution < -0.4 is 0 Å². The summed E-state index contributed by atoms with van der Waals surface area (Å²) in [4.78, 5) is 0. The summed E-state index contributed by atoms with van der Waals surface area (Å²) in [5.41, 5.74) is 1.17. The molecule has 0 atom stereocenters. The van der Waals surface area contributed by atoms with E-state index in [0.717, 1.165) is 0 Å². The van der Waals surface area contributed by atoms with Gasteiger partial charge in [-0.3, -0.25) is 0 Å². The average molecular weight is 235 g/mol. The van der Waals surface area contributed by atoms with Gasteiger partial charge in [0.15, 0.2) is 0 Å². The molecule has 0 fully saturated rings. The molecule has 0 amide bonds. The monoisotopic (exact) mass is 234 g/mol. The molecule has 86 valence electrons. The Morgan fingerprint density at radius 3 is 1.56 bits per heavy atom. The summed E-state index contributed by atoms with van der Waals surface area (Å²) in [6.07, 6.45) is 6.75. The van der Waals surface area contributed by atoms with Gasteiger partial charge in [-0.15, -0.1) is 18.2 Å². The van der Waals surface area contributed by atoms with Crippen molar-refractivity contribution >= 4 is 17.7 Å². The third kappa shape index (κ3) is 15.0. The van der Waals surface area contributed by atoms with Crippen LogP contribution in [0.15, 0.2) is 74.9 Å². The summed E-state index contributed by atoms with van der Waals surface area (Å²) >= 11 is 5.07. The van der Waals surface area contributed by atoms with Crippen molar-refractivity contribution in [2.75, 3.05) is 5.88 Å². The van der Waals surface area contributed by atoms with E-state index in [2.05, 4.69) is 26.3 Å². The first kappa shape index (κ1) is 16.9. The van der Waals surface area contributed by atoms with Gasteiger partial charge < -0.3 is 0 Å². The van der Waals surface area contributed by atoms with Crippen molar-refractivity contribution in [3.05, 3.63) is 80.4 Å². The van der Waals surface area contributed by atoms with Crippen molar-refractivity contribution in [3.63, 3.8) is 0 Å². The van der Waals surface area contributed by atoms with Crippen molar-refractivity contribution < 1.29 is 0 Å². The largest absolute Gasteiger partial charge is 0.122 e. The number of alkyl halides is 1. The zero-order chi connectivity index (χ0) is 12.6. The average Bonchev–Trinajstić information content (AvgIpc) is 2.40. The van der Waals surface area contributed by atoms with Crippen LogP contribution in [-0.4, -0.2) is 5.88 Å². The van der Waals surface area contributed by atoms with E-state index in [1.807, 2.05) is 36.4 Å². The molecule has 0 aromatic heterocycles. The molecule has 0 aliphatic rings. The number of halogens is 1. The Morgan fingerprint density at radius 1 is 0.938 bits per heavy atom. The first-order valence-electron chi connectivity index (χ1n) is 4.84. The molecule has 1 rings (SSSR count). The van der Waals surface area contributed by atoms with Gasteiger partial charge in [-0.1, -0.05) is 74.4 Å². The Hall–Kier alpha value is -1.53. The van der Waals surface area contributed by atoms with Crippen LogP contribution in [0.25, 0.3) is 6.08 Å². The van der Waals surface area contributed by atoms with E-state index in [4.69, 9.17) is 11.6 Å². The standard InChI is InChI=1S/C8H8.C4H6.C3H5Cl/c1-2-8-6-4-3-5-7-8;1-3-4-2;1-2-3-4/h2-7H,1H2;3-4H,1-2H2;2H,1,3H2. The van der Waals surface area contributed by atoms with Gasteiger partial charge >= 0.3 is 0 Å². The van der Waals surface area contributed by atoms with Crippen molar-refractivity contribution in [2.45, 2.75) is 0 Å². The number of rotatable bonds is 3. The summed E-state index contributed by atoms with van der Waals surface area (Å²) in [7, 11) is 0. The van der Waals surface area contributed by atoms with Gasteiger partial charge in [-0.2, -0.15) is 0 Å². The smallest absolute Gasteiger partial charge is 0.0401 e. The molecule has 1 heteroatoms. The quantitative estimate of drug-likeness (QED) is 0.388. The fourth-order valence-corrected chi connectivity index (χ4v) is 0.589. The molecule has 0 unspecified atom stereocenters. The number of hydrogen-bond acceptors (Lipinski definition) is 0. The summed E-state index contributed by atoms with van der Waals surface area (Å²) in [6, 6.07) is 10.0. The fraction of sp³-hybridized carbons (Fsp3) is 0.0667. The van der Waals surface area contributed by atoms with E-state index in [0.29, 0.717) is 5.88 Å². The highest BCUT2D eigenvalue weighted by Gasteiger charge is 1.75. The first-order valence-corrected chi connectivity index (χ1v) is 5.38. The molecular weight excluding hydrogens is 216 g/mol. The van der Waals surface area contributed by atoms with Gasteiger partial charge in [0.05, 0.1) is 0 Å². The molecule has 0 nitrogen and oxygen atoms in total. The predicted octanol–water partition coefficient (Wildman–Crippen LogP) is 5.10. The fourth-order valence-electron chi connectivity index (χ4n) is 0.589. The molecule has 0 saturated carbocycles. The SMILES string of the molecule is C=CC=C.C=CCCl.C=Cc1ccccc1. The minimum atomic E-state index is 0.556. The molecule has 0 saturated heterocycles. The summed E-state index contributed by atoms with van der Waals surface area (Å²) in [5.74, 6) is 0.556. The third-order valence-corrected chi connectivity index (χ3v) is 1.53. The lowest BCUT2D eigenvalue weighted by molar-refractivity contribution is 1.67. The van der Waals surface area contributed by atoms with E-state index in [1.54, 1.807) is 18.2 Å². The summed E-state index contributed by atoms with van der Waals surface area (Å²) in [6.45, 7) is 13.7. The lowest BCUT2D eigenvalue weighted by atomic mass is 10.2. The van der Waals surface area contributed by atoms with E-state index < -0.39 is 0 Å². The predicted molar refractivity (Wildman–Crippen MR) is 77.8 cm³/mol. The second kappa shape index (κ2) is 15.9. The summed E-state index contributed by atoms with van der Waals surface area (Å²) < 4.78 is 0. The van der Waals surface area contributed by atoms with Gasteiger partial charge in [0.25, 0.3) is 0 Å². The highest BCUT2D eigenvalue weighted by Crippen LogP contribution is 1.97. The molecule has 0 bridgehead atoms. The third-order valence-electron chi connectivity index (χ3n) is 1.31. The van der Waals surface area contributed by atoms with Crippen molar-refractivity contribution in [2.24, 2.45) is 0 Å². The number of hydrogen-bond donors (Lipinski definition) is 0. The van der Waals surface area contributed by atoms with E-state index >= 15 is 0 Å². The van der Waals surface area contributed by atoms with Crippen LogP contribution in [0.1, 0.15) is 5.56 Å². The second-order valence-corrected chi connectivity index (χ2v) is 2.84. The van der Waals surface area contributed by atoms with Crippen LogP contribution in [0.5, 0.6) is 0 Å². The van der Waals surface area contributed by atoms with Crippen molar-refractivity contribution in [1.29, 1.82) is 0 Å². The van der Waals surface area contributed by atoms with Gasteiger partial charge in [0.1, 0.15) is 0 Å². The molecule has 0 heterocycles. The maximum atomic E-state index is 5.07. The van der Waals surface area contributed by atoms with E-state index in [-0.39, 0.29) is 0 Å². The van der Waals surface area contributed by atoms with Crippen molar-refractivity contribution in [1.82, 2.24) is 0 Å². The minimum Gasteiger partial charge on any atom is -0.122 e. The Morgan fingerprint density at radius 2 is 1.38 bits per heavy atom. The lowest BCUT2D eigenvalue weighted by Gasteiger charge is -1.85. The number of benzene rings is 1. The molecule has 0 aliphatic heterocycles. The Bertz CT molecular complexity index is 280. The zero-order valence-corrected chi connectivity index (χ0v) is 10.4. The lowest BCUT2D eigenvalue weighted by Crippen LogP contribution is -1.63. The Balaban J connectivity index is 0. The van der Waals surface area contributed by atoms with E-state index in [9.17, 15) is 0 Å². The minimum absolute atomic E-state index is 0.556. The van der Waals surface area contributed by atoms with Crippen LogP contribution in [0.3, 0.4) is 0 Å². The Labute approximate surface area is 104 Å². The zero-order valence-electron chi connectivity index (χ0n) is 9.61. The van der Waals surface area contributed by atoms with Gasteiger partial charge in [-0.25, -0.2) is 0 Å². The van der Waals surface area contributed by atoms with Gasteiger partial charge in [0, 0.05) is 5.88 Å². The van der Waals surface area contributed by atoms with E-state index in [1.165, 1.54) is 5.56 Å². The topological polar surface area (TPSA) is 0 Å². The Kier molecular flexibility index (Phi) is 16.8. The van der Waals surface area contributed by atoms with Crippen molar-refractivity contribution in [3.8, 4) is 0 Å². The number of allylic oxidation sites excluding steroid dienone is 3. The maximum absolute atomic E-state index is 5.07. The molecule has 0 radical (unpaired) electrons. The molecule has 0 spiro atoms. The normalized spacial score (nSPS) is 7.06. The molecule has 16 heavy (non-hydrogen) atoms. The highest BCUT2D eigenvalue weighted by molar-refractivity contribution is 6.18. The first-order chi connectivity index (χ1) is 7.76. The highest BCUT2D eigenvalue weighted by atomic mass is 35.5. The summed E-state index contributed by atoms with van der Waals surface area (Å²) in [5, 5.41) is 0. The van der Waals surface area contributed by atoms with Crippen LogP contribution in [0.4, 0.5) is 0 Å². The molecule has 1 aromatic carbocycles. The molecule has 0 aliphatic carbocycles. The maximum Gasteiger partial charge on any atom is 0.0401 e. The second-order valence-electron chi connectivity index (χ2n) is 2.53. The molecular formula is C15H19Cl. The van der Waals surface area contributed by atoms with Crippen LogP contribution in [0.2, 0.25) is 0 Å². The van der Waals surface area contributed by atoms with Crippen LogP contribution >= 0.6 is 11.6 Å².